The molecular formula is C11H11BrClNO2. The van der Waals surface area contributed by atoms with E-state index < -0.39 is 0 Å². The van der Waals surface area contributed by atoms with Crippen LogP contribution in [0, 0.1) is 0 Å². The van der Waals surface area contributed by atoms with Crippen LogP contribution in [0.5, 0.6) is 0 Å². The molecule has 0 radical (unpaired) electrons. The minimum absolute atomic E-state index is 0.330. The number of amides is 1. The van der Waals surface area contributed by atoms with Gasteiger partial charge in [0.2, 0.25) is 0 Å². The Kier molecular flexibility index (Phi) is 3.40. The van der Waals surface area contributed by atoms with E-state index in [0.29, 0.717) is 11.6 Å². The lowest BCUT2D eigenvalue weighted by molar-refractivity contribution is 0.178. The van der Waals surface area contributed by atoms with Gasteiger partial charge in [0, 0.05) is 16.0 Å². The summed E-state index contributed by atoms with van der Waals surface area (Å²) in [5, 5.41) is 0.678. The molecule has 0 bridgehead atoms. The van der Waals surface area contributed by atoms with Crippen LogP contribution < -0.4 is 4.90 Å². The van der Waals surface area contributed by atoms with E-state index in [1.165, 1.54) is 7.11 Å². The fourth-order valence-electron chi connectivity index (χ4n) is 1.94. The summed E-state index contributed by atoms with van der Waals surface area (Å²) in [6, 6.07) is 3.69. The highest BCUT2D eigenvalue weighted by Gasteiger charge is 2.25. The Hall–Kier alpha value is -0.740. The number of rotatable bonds is 0. The molecule has 86 valence electrons. The van der Waals surface area contributed by atoms with Gasteiger partial charge in [-0.05, 0) is 46.5 Å². The molecule has 1 heterocycles. The second-order valence-electron chi connectivity index (χ2n) is 3.62. The summed E-state index contributed by atoms with van der Waals surface area (Å²) >= 11 is 9.42. The standard InChI is InChI=1S/C11H11BrClNO2/c1-16-11(15)14-4-2-3-7-5-8(13)6-9(12)10(7)14/h5-6H,2-4H2,1H3. The largest absolute Gasteiger partial charge is 0.452 e. The second kappa shape index (κ2) is 4.63. The highest BCUT2D eigenvalue weighted by molar-refractivity contribution is 9.10. The molecule has 0 atom stereocenters. The van der Waals surface area contributed by atoms with Crippen LogP contribution in [-0.4, -0.2) is 19.7 Å². The van der Waals surface area contributed by atoms with Crippen molar-refractivity contribution in [2.24, 2.45) is 0 Å². The van der Waals surface area contributed by atoms with Gasteiger partial charge in [-0.1, -0.05) is 11.6 Å². The van der Waals surface area contributed by atoms with Gasteiger partial charge in [0.1, 0.15) is 0 Å². The van der Waals surface area contributed by atoms with E-state index in [9.17, 15) is 4.79 Å². The number of nitrogens with zero attached hydrogens (tertiary/aromatic N) is 1. The molecule has 1 aromatic carbocycles. The number of anilines is 1. The van der Waals surface area contributed by atoms with E-state index in [1.807, 2.05) is 6.07 Å². The van der Waals surface area contributed by atoms with E-state index in [4.69, 9.17) is 16.3 Å². The molecule has 5 heteroatoms. The minimum atomic E-state index is -0.330. The van der Waals surface area contributed by atoms with Crippen LogP contribution >= 0.6 is 27.5 Å². The number of fused-ring (bicyclic) bond motifs is 1. The van der Waals surface area contributed by atoms with E-state index in [2.05, 4.69) is 15.9 Å². The van der Waals surface area contributed by atoms with Gasteiger partial charge >= 0.3 is 6.09 Å². The van der Waals surface area contributed by atoms with Crippen LogP contribution in [0.2, 0.25) is 5.02 Å². The summed E-state index contributed by atoms with van der Waals surface area (Å²) in [7, 11) is 1.39. The van der Waals surface area contributed by atoms with Crippen LogP contribution in [0.15, 0.2) is 16.6 Å². The summed E-state index contributed by atoms with van der Waals surface area (Å²) in [6.45, 7) is 0.680. The summed E-state index contributed by atoms with van der Waals surface area (Å²) in [6.07, 6.45) is 1.53. The summed E-state index contributed by atoms with van der Waals surface area (Å²) < 4.78 is 5.60. The van der Waals surface area contributed by atoms with Crippen molar-refractivity contribution in [1.29, 1.82) is 0 Å². The van der Waals surface area contributed by atoms with Gasteiger partial charge in [-0.15, -0.1) is 0 Å². The molecule has 2 rings (SSSR count). The van der Waals surface area contributed by atoms with Crippen molar-refractivity contribution in [2.45, 2.75) is 12.8 Å². The molecule has 0 spiro atoms. The Morgan fingerprint density at radius 3 is 3.00 bits per heavy atom. The molecule has 0 N–H and O–H groups in total. The van der Waals surface area contributed by atoms with Crippen molar-refractivity contribution < 1.29 is 9.53 Å². The lowest BCUT2D eigenvalue weighted by Crippen LogP contribution is -2.35. The zero-order chi connectivity index (χ0) is 11.7. The number of aryl methyl sites for hydroxylation is 1. The van der Waals surface area contributed by atoms with E-state index in [1.54, 1.807) is 11.0 Å². The normalized spacial score (nSPS) is 14.6. The van der Waals surface area contributed by atoms with Crippen molar-refractivity contribution in [3.8, 4) is 0 Å². The highest BCUT2D eigenvalue weighted by atomic mass is 79.9. The first-order valence-electron chi connectivity index (χ1n) is 4.97. The van der Waals surface area contributed by atoms with Crippen molar-refractivity contribution in [3.63, 3.8) is 0 Å². The maximum atomic E-state index is 11.6. The number of carbonyl (C=O) groups excluding carboxylic acids is 1. The summed E-state index contributed by atoms with van der Waals surface area (Å²) in [4.78, 5) is 13.3. The number of hydrogen-bond donors (Lipinski definition) is 0. The molecular weight excluding hydrogens is 293 g/mol. The molecule has 0 saturated heterocycles. The third kappa shape index (κ3) is 2.04. The zero-order valence-corrected chi connectivity index (χ0v) is 11.1. The smallest absolute Gasteiger partial charge is 0.414 e. The molecule has 1 amide bonds. The maximum absolute atomic E-state index is 11.6. The number of benzene rings is 1. The van der Waals surface area contributed by atoms with Gasteiger partial charge in [-0.25, -0.2) is 4.79 Å². The van der Waals surface area contributed by atoms with Gasteiger partial charge < -0.3 is 4.74 Å². The van der Waals surface area contributed by atoms with Crippen LogP contribution in [0.3, 0.4) is 0 Å². The average Bonchev–Trinajstić information content (AvgIpc) is 2.26. The van der Waals surface area contributed by atoms with E-state index >= 15 is 0 Å². The molecule has 0 aliphatic carbocycles. The number of methoxy groups -OCH3 is 1. The Morgan fingerprint density at radius 1 is 1.56 bits per heavy atom. The van der Waals surface area contributed by atoms with Crippen molar-refractivity contribution in [3.05, 3.63) is 27.2 Å². The SMILES string of the molecule is COC(=O)N1CCCc2cc(Cl)cc(Br)c21. The predicted octanol–water partition coefficient (Wildman–Crippen LogP) is 3.62. The molecule has 0 aromatic heterocycles. The van der Waals surface area contributed by atoms with Gasteiger partial charge in [0.05, 0.1) is 12.8 Å². The van der Waals surface area contributed by atoms with Gasteiger partial charge in [0.15, 0.2) is 0 Å². The summed E-state index contributed by atoms with van der Waals surface area (Å²) in [5.41, 5.74) is 1.96. The lowest BCUT2D eigenvalue weighted by atomic mass is 10.0. The molecule has 0 unspecified atom stereocenters. The van der Waals surface area contributed by atoms with Crippen molar-refractivity contribution >= 4 is 39.3 Å². The maximum Gasteiger partial charge on any atom is 0.414 e. The van der Waals surface area contributed by atoms with Gasteiger partial charge in [-0.3, -0.25) is 4.90 Å². The molecule has 3 nitrogen and oxygen atoms in total. The first-order valence-corrected chi connectivity index (χ1v) is 6.14. The van der Waals surface area contributed by atoms with Crippen molar-refractivity contribution in [1.82, 2.24) is 0 Å². The fraction of sp³-hybridized carbons (Fsp3) is 0.364. The fourth-order valence-corrected chi connectivity index (χ4v) is 3.03. The topological polar surface area (TPSA) is 29.5 Å². The van der Waals surface area contributed by atoms with E-state index in [0.717, 1.165) is 28.6 Å². The highest BCUT2D eigenvalue weighted by Crippen LogP contribution is 2.37. The third-order valence-electron chi connectivity index (χ3n) is 2.60. The molecule has 0 fully saturated rings. The zero-order valence-electron chi connectivity index (χ0n) is 8.80. The Balaban J connectivity index is 2.49. The monoisotopic (exact) mass is 303 g/mol. The number of carbonyl (C=O) groups is 1. The Labute approximate surface area is 107 Å². The molecule has 1 aliphatic rings. The quantitative estimate of drug-likeness (QED) is 0.732. The van der Waals surface area contributed by atoms with Crippen LogP contribution in [0.1, 0.15) is 12.0 Å². The van der Waals surface area contributed by atoms with Crippen LogP contribution in [-0.2, 0) is 11.2 Å². The molecule has 1 aromatic rings. The van der Waals surface area contributed by atoms with Crippen LogP contribution in [0.25, 0.3) is 0 Å². The van der Waals surface area contributed by atoms with Crippen LogP contribution in [0.4, 0.5) is 10.5 Å². The van der Waals surface area contributed by atoms with E-state index in [-0.39, 0.29) is 6.09 Å². The lowest BCUT2D eigenvalue weighted by Gasteiger charge is -2.29. The second-order valence-corrected chi connectivity index (χ2v) is 4.91. The first-order chi connectivity index (χ1) is 7.63. The molecule has 1 aliphatic heterocycles. The Bertz CT molecular complexity index is 436. The predicted molar refractivity (Wildman–Crippen MR) is 67.2 cm³/mol. The first kappa shape index (κ1) is 11.7. The number of halogens is 2. The average molecular weight is 305 g/mol. The molecule has 0 saturated carbocycles. The number of hydrogen-bond acceptors (Lipinski definition) is 2. The van der Waals surface area contributed by atoms with Gasteiger partial charge in [0.25, 0.3) is 0 Å². The van der Waals surface area contributed by atoms with Gasteiger partial charge in [-0.2, -0.15) is 0 Å². The van der Waals surface area contributed by atoms with Crippen molar-refractivity contribution in [2.75, 3.05) is 18.6 Å². The third-order valence-corrected chi connectivity index (χ3v) is 3.42. The molecule has 16 heavy (non-hydrogen) atoms. The minimum Gasteiger partial charge on any atom is -0.452 e. The Morgan fingerprint density at radius 2 is 2.31 bits per heavy atom. The summed E-state index contributed by atoms with van der Waals surface area (Å²) in [5.74, 6) is 0. The number of ether oxygens (including phenoxy) is 1.